The molecule has 2 atom stereocenters. The summed E-state index contributed by atoms with van der Waals surface area (Å²) in [6.07, 6.45) is 2.00. The molecule has 2 rings (SSSR count). The third kappa shape index (κ3) is 2.64. The summed E-state index contributed by atoms with van der Waals surface area (Å²) in [5, 5.41) is 0. The fraction of sp³-hybridized carbons (Fsp3) is 0.562. The molecule has 0 bridgehead atoms. The van der Waals surface area contributed by atoms with E-state index in [0.717, 1.165) is 17.8 Å². The van der Waals surface area contributed by atoms with Crippen molar-refractivity contribution in [2.45, 2.75) is 46.6 Å². The number of nitrogens with zero attached hydrogens (tertiary/aromatic N) is 2. The van der Waals surface area contributed by atoms with Crippen molar-refractivity contribution in [2.75, 3.05) is 5.88 Å². The van der Waals surface area contributed by atoms with Gasteiger partial charge in [0, 0.05) is 18.3 Å². The van der Waals surface area contributed by atoms with Crippen LogP contribution in [-0.4, -0.2) is 15.4 Å². The SMILES string of the molecule is CCC(C)C(C)n1c(CCCl)nc2c(C)cccc21. The molecule has 0 saturated carbocycles. The topological polar surface area (TPSA) is 17.8 Å². The maximum atomic E-state index is 5.94. The van der Waals surface area contributed by atoms with Crippen LogP contribution in [0.15, 0.2) is 18.2 Å². The van der Waals surface area contributed by atoms with Crippen LogP contribution in [0.25, 0.3) is 11.0 Å². The lowest BCUT2D eigenvalue weighted by molar-refractivity contribution is 0.369. The van der Waals surface area contributed by atoms with E-state index in [0.29, 0.717) is 17.8 Å². The van der Waals surface area contributed by atoms with Crippen LogP contribution in [0.2, 0.25) is 0 Å². The van der Waals surface area contributed by atoms with Crippen LogP contribution in [0, 0.1) is 12.8 Å². The Morgan fingerprint density at radius 2 is 2.05 bits per heavy atom. The number of benzene rings is 1. The van der Waals surface area contributed by atoms with Crippen LogP contribution in [0.4, 0.5) is 0 Å². The molecule has 0 amide bonds. The molecule has 2 aromatic rings. The van der Waals surface area contributed by atoms with E-state index in [9.17, 15) is 0 Å². The van der Waals surface area contributed by atoms with Crippen LogP contribution in [-0.2, 0) is 6.42 Å². The molecule has 0 spiro atoms. The van der Waals surface area contributed by atoms with Gasteiger partial charge in [0.05, 0.1) is 11.0 Å². The Bertz CT molecular complexity index is 559. The van der Waals surface area contributed by atoms with E-state index in [1.54, 1.807) is 0 Å². The average molecular weight is 279 g/mol. The first-order valence-electron chi connectivity index (χ1n) is 7.12. The summed E-state index contributed by atoms with van der Waals surface area (Å²) >= 11 is 5.94. The minimum atomic E-state index is 0.454. The van der Waals surface area contributed by atoms with Gasteiger partial charge in [-0.15, -0.1) is 11.6 Å². The lowest BCUT2D eigenvalue weighted by Gasteiger charge is -2.23. The number of hydrogen-bond donors (Lipinski definition) is 0. The molecule has 0 fully saturated rings. The number of para-hydroxylation sites is 1. The van der Waals surface area contributed by atoms with Gasteiger partial charge in [0.15, 0.2) is 0 Å². The molecule has 0 aliphatic rings. The Labute approximate surface area is 120 Å². The Morgan fingerprint density at radius 3 is 2.68 bits per heavy atom. The number of fused-ring (bicyclic) bond motifs is 1. The maximum absolute atomic E-state index is 5.94. The summed E-state index contributed by atoms with van der Waals surface area (Å²) in [5.41, 5.74) is 3.61. The molecule has 0 saturated heterocycles. The van der Waals surface area contributed by atoms with Gasteiger partial charge in [-0.25, -0.2) is 4.98 Å². The molecular weight excluding hydrogens is 256 g/mol. The Balaban J connectivity index is 2.61. The molecule has 2 nitrogen and oxygen atoms in total. The van der Waals surface area contributed by atoms with Crippen LogP contribution >= 0.6 is 11.6 Å². The highest BCUT2D eigenvalue weighted by Crippen LogP contribution is 2.29. The average Bonchev–Trinajstić information content (AvgIpc) is 2.77. The second-order valence-electron chi connectivity index (χ2n) is 5.41. The third-order valence-corrected chi connectivity index (χ3v) is 4.38. The molecule has 104 valence electrons. The Morgan fingerprint density at radius 1 is 1.32 bits per heavy atom. The van der Waals surface area contributed by atoms with Crippen molar-refractivity contribution in [2.24, 2.45) is 5.92 Å². The van der Waals surface area contributed by atoms with E-state index in [2.05, 4.69) is 50.5 Å². The number of rotatable bonds is 5. The van der Waals surface area contributed by atoms with Gasteiger partial charge in [-0.1, -0.05) is 32.4 Å². The summed E-state index contributed by atoms with van der Waals surface area (Å²) < 4.78 is 2.39. The number of imidazole rings is 1. The predicted molar refractivity (Wildman–Crippen MR) is 83.1 cm³/mol. The van der Waals surface area contributed by atoms with E-state index >= 15 is 0 Å². The minimum Gasteiger partial charge on any atom is -0.325 e. The zero-order valence-electron chi connectivity index (χ0n) is 12.3. The lowest BCUT2D eigenvalue weighted by atomic mass is 10.00. The summed E-state index contributed by atoms with van der Waals surface area (Å²) in [4.78, 5) is 4.82. The van der Waals surface area contributed by atoms with Crippen LogP contribution in [0.5, 0.6) is 0 Å². The first kappa shape index (κ1) is 14.4. The lowest BCUT2D eigenvalue weighted by Crippen LogP contribution is -2.16. The molecule has 0 aliphatic carbocycles. The molecule has 0 aliphatic heterocycles. The van der Waals surface area contributed by atoms with Gasteiger partial charge >= 0.3 is 0 Å². The molecule has 1 heterocycles. The quantitative estimate of drug-likeness (QED) is 0.723. The van der Waals surface area contributed by atoms with Crippen molar-refractivity contribution in [3.63, 3.8) is 0 Å². The van der Waals surface area contributed by atoms with Gasteiger partial charge in [0.1, 0.15) is 5.82 Å². The summed E-state index contributed by atoms with van der Waals surface area (Å²) in [7, 11) is 0. The second kappa shape index (κ2) is 5.96. The van der Waals surface area contributed by atoms with Crippen molar-refractivity contribution in [1.29, 1.82) is 0 Å². The molecule has 2 unspecified atom stereocenters. The molecule has 0 radical (unpaired) electrons. The van der Waals surface area contributed by atoms with Gasteiger partial charge in [-0.2, -0.15) is 0 Å². The van der Waals surface area contributed by atoms with Gasteiger partial charge in [-0.3, -0.25) is 0 Å². The van der Waals surface area contributed by atoms with Crippen LogP contribution < -0.4 is 0 Å². The number of aryl methyl sites for hydroxylation is 2. The Kier molecular flexibility index (Phi) is 4.51. The second-order valence-corrected chi connectivity index (χ2v) is 5.78. The van der Waals surface area contributed by atoms with E-state index < -0.39 is 0 Å². The van der Waals surface area contributed by atoms with Gasteiger partial charge in [0.2, 0.25) is 0 Å². The fourth-order valence-corrected chi connectivity index (χ4v) is 2.79. The number of alkyl halides is 1. The summed E-state index contributed by atoms with van der Waals surface area (Å²) in [5.74, 6) is 2.37. The van der Waals surface area contributed by atoms with E-state index in [1.165, 1.54) is 17.5 Å². The molecule has 1 aromatic carbocycles. The monoisotopic (exact) mass is 278 g/mol. The minimum absolute atomic E-state index is 0.454. The van der Waals surface area contributed by atoms with Gasteiger partial charge in [-0.05, 0) is 31.4 Å². The van der Waals surface area contributed by atoms with Crippen molar-refractivity contribution in [3.8, 4) is 0 Å². The van der Waals surface area contributed by atoms with Crippen LogP contribution in [0.3, 0.4) is 0 Å². The van der Waals surface area contributed by atoms with Crippen molar-refractivity contribution >= 4 is 22.6 Å². The van der Waals surface area contributed by atoms with Crippen molar-refractivity contribution in [1.82, 2.24) is 9.55 Å². The zero-order chi connectivity index (χ0) is 14.0. The highest BCUT2D eigenvalue weighted by Gasteiger charge is 2.19. The fourth-order valence-electron chi connectivity index (χ4n) is 2.62. The van der Waals surface area contributed by atoms with Gasteiger partial charge in [0.25, 0.3) is 0 Å². The number of halogens is 1. The van der Waals surface area contributed by atoms with E-state index in [4.69, 9.17) is 16.6 Å². The standard InChI is InChI=1S/C16H23ClN2/c1-5-11(2)13(4)19-14-8-6-7-12(3)16(14)18-15(19)9-10-17/h6-8,11,13H,5,9-10H2,1-4H3. The first-order chi connectivity index (χ1) is 9.10. The summed E-state index contributed by atoms with van der Waals surface area (Å²) in [6.45, 7) is 8.96. The van der Waals surface area contributed by atoms with E-state index in [1.807, 2.05) is 0 Å². The zero-order valence-corrected chi connectivity index (χ0v) is 13.0. The molecule has 3 heteroatoms. The third-order valence-electron chi connectivity index (χ3n) is 4.19. The predicted octanol–water partition coefficient (Wildman–Crippen LogP) is 4.73. The van der Waals surface area contributed by atoms with Crippen molar-refractivity contribution < 1.29 is 0 Å². The molecule has 0 N–H and O–H groups in total. The van der Waals surface area contributed by atoms with Crippen molar-refractivity contribution in [3.05, 3.63) is 29.6 Å². The largest absolute Gasteiger partial charge is 0.325 e. The van der Waals surface area contributed by atoms with Gasteiger partial charge < -0.3 is 4.57 Å². The first-order valence-corrected chi connectivity index (χ1v) is 7.66. The van der Waals surface area contributed by atoms with E-state index in [-0.39, 0.29) is 0 Å². The Hall–Kier alpha value is -1.02. The smallest absolute Gasteiger partial charge is 0.111 e. The molecular formula is C16H23ClN2. The maximum Gasteiger partial charge on any atom is 0.111 e. The summed E-state index contributed by atoms with van der Waals surface area (Å²) in [6, 6.07) is 6.86. The number of hydrogen-bond acceptors (Lipinski definition) is 1. The molecule has 1 aromatic heterocycles. The number of aromatic nitrogens is 2. The van der Waals surface area contributed by atoms with Crippen LogP contribution in [0.1, 0.15) is 44.6 Å². The molecule has 19 heavy (non-hydrogen) atoms. The highest BCUT2D eigenvalue weighted by molar-refractivity contribution is 6.17. The highest BCUT2D eigenvalue weighted by atomic mass is 35.5. The normalized spacial score (nSPS) is 14.8.